The van der Waals surface area contributed by atoms with Crippen LogP contribution in [-0.4, -0.2) is 25.5 Å². The fourth-order valence-electron chi connectivity index (χ4n) is 4.29. The number of hydrogen-bond donors (Lipinski definition) is 2. The number of amides is 1. The lowest BCUT2D eigenvalue weighted by Gasteiger charge is -2.31. The summed E-state index contributed by atoms with van der Waals surface area (Å²) in [4.78, 5) is 13.9. The van der Waals surface area contributed by atoms with Gasteiger partial charge in [-0.15, -0.1) is 0 Å². The topological polar surface area (TPSA) is 33.5 Å². The first kappa shape index (κ1) is 17.0. The number of likely N-dealkylation sites (tertiary alicyclic amines) is 1. The second-order valence-electron chi connectivity index (χ2n) is 7.64. The van der Waals surface area contributed by atoms with Gasteiger partial charge in [0.1, 0.15) is 0 Å². The number of carbonyl (C=O) groups is 1. The maximum absolute atomic E-state index is 12.5. The highest BCUT2D eigenvalue weighted by atomic mass is 16.2. The molecule has 1 amide bonds. The lowest BCUT2D eigenvalue weighted by Crippen LogP contribution is -3.15. The molecule has 0 spiro atoms. The van der Waals surface area contributed by atoms with Crippen molar-refractivity contribution in [3.63, 3.8) is 0 Å². The molecule has 0 unspecified atom stereocenters. The molecule has 1 fully saturated rings. The van der Waals surface area contributed by atoms with Crippen LogP contribution in [0.25, 0.3) is 10.8 Å². The van der Waals surface area contributed by atoms with Crippen LogP contribution < -0.4 is 10.2 Å². The summed E-state index contributed by atoms with van der Waals surface area (Å²) in [5.41, 5.74) is 1.19. The third-order valence-electron chi connectivity index (χ3n) is 5.16. The lowest BCUT2D eigenvalue weighted by atomic mass is 9.92. The zero-order valence-electron chi connectivity index (χ0n) is 15.0. The van der Waals surface area contributed by atoms with Crippen molar-refractivity contribution in [2.45, 2.75) is 33.2 Å². The number of rotatable bonds is 4. The molecule has 128 valence electrons. The van der Waals surface area contributed by atoms with E-state index in [0.717, 1.165) is 13.1 Å². The third-order valence-corrected chi connectivity index (χ3v) is 5.16. The molecular weight excluding hydrogens is 296 g/mol. The van der Waals surface area contributed by atoms with E-state index in [1.54, 1.807) is 0 Å². The molecule has 1 aliphatic heterocycles. The van der Waals surface area contributed by atoms with Gasteiger partial charge in [-0.05, 0) is 29.7 Å². The summed E-state index contributed by atoms with van der Waals surface area (Å²) >= 11 is 0. The van der Waals surface area contributed by atoms with Gasteiger partial charge < -0.3 is 10.2 Å². The van der Waals surface area contributed by atoms with Gasteiger partial charge >= 0.3 is 0 Å². The van der Waals surface area contributed by atoms with Crippen LogP contribution in [-0.2, 0) is 4.79 Å². The molecule has 3 heteroatoms. The van der Waals surface area contributed by atoms with E-state index in [4.69, 9.17) is 0 Å². The molecule has 2 N–H and O–H groups in total. The van der Waals surface area contributed by atoms with E-state index in [2.05, 4.69) is 68.6 Å². The standard InChI is InChI=1S/C21H28N2O/c1-15-11-16(2)13-23(12-15)14-21(24)22-17(3)19-10-6-8-18-7-4-5-9-20(18)19/h4-10,15-17H,11-14H2,1-3H3,(H,22,24)/p+1/t15-,16-,17-/m0/s1. The number of benzene rings is 2. The molecule has 1 heterocycles. The van der Waals surface area contributed by atoms with Crippen LogP contribution in [0.5, 0.6) is 0 Å². The Morgan fingerprint density at radius 1 is 1.12 bits per heavy atom. The van der Waals surface area contributed by atoms with Crippen molar-refractivity contribution in [3.05, 3.63) is 48.0 Å². The largest absolute Gasteiger partial charge is 0.345 e. The van der Waals surface area contributed by atoms with Crippen molar-refractivity contribution < 1.29 is 9.69 Å². The molecule has 1 aliphatic rings. The molecule has 3 rings (SSSR count). The number of nitrogens with one attached hydrogen (secondary N) is 2. The Labute approximate surface area is 145 Å². The van der Waals surface area contributed by atoms with E-state index in [1.165, 1.54) is 27.7 Å². The molecule has 0 aliphatic carbocycles. The van der Waals surface area contributed by atoms with Gasteiger partial charge in [0.05, 0.1) is 19.1 Å². The summed E-state index contributed by atoms with van der Waals surface area (Å²) in [5, 5.41) is 5.65. The van der Waals surface area contributed by atoms with Gasteiger partial charge in [0, 0.05) is 11.8 Å². The van der Waals surface area contributed by atoms with E-state index >= 15 is 0 Å². The molecule has 2 aromatic carbocycles. The van der Waals surface area contributed by atoms with Crippen LogP contribution in [0.2, 0.25) is 0 Å². The van der Waals surface area contributed by atoms with Crippen molar-refractivity contribution in [1.29, 1.82) is 0 Å². The van der Waals surface area contributed by atoms with Crippen LogP contribution in [0.15, 0.2) is 42.5 Å². The van der Waals surface area contributed by atoms with Crippen molar-refractivity contribution in [2.75, 3.05) is 19.6 Å². The molecule has 0 bridgehead atoms. The summed E-state index contributed by atoms with van der Waals surface area (Å²) in [7, 11) is 0. The van der Waals surface area contributed by atoms with Crippen molar-refractivity contribution in [2.24, 2.45) is 11.8 Å². The van der Waals surface area contributed by atoms with E-state index in [0.29, 0.717) is 18.4 Å². The maximum atomic E-state index is 12.5. The Hall–Kier alpha value is -1.87. The molecule has 24 heavy (non-hydrogen) atoms. The first-order valence-corrected chi connectivity index (χ1v) is 9.13. The Bertz CT molecular complexity index is 697. The van der Waals surface area contributed by atoms with Crippen molar-refractivity contribution in [3.8, 4) is 0 Å². The maximum Gasteiger partial charge on any atom is 0.275 e. The van der Waals surface area contributed by atoms with Gasteiger partial charge in [-0.1, -0.05) is 56.3 Å². The summed E-state index contributed by atoms with van der Waals surface area (Å²) in [6.45, 7) is 9.49. The summed E-state index contributed by atoms with van der Waals surface area (Å²) in [5.74, 6) is 1.59. The van der Waals surface area contributed by atoms with Gasteiger partial charge in [0.15, 0.2) is 6.54 Å². The number of piperidine rings is 1. The molecule has 2 aromatic rings. The predicted octanol–water partition coefficient (Wildman–Crippen LogP) is 2.58. The van der Waals surface area contributed by atoms with Gasteiger partial charge in [-0.2, -0.15) is 0 Å². The Morgan fingerprint density at radius 2 is 1.79 bits per heavy atom. The highest BCUT2D eigenvalue weighted by molar-refractivity contribution is 5.87. The number of quaternary nitrogens is 1. The Kier molecular flexibility index (Phi) is 5.20. The second-order valence-corrected chi connectivity index (χ2v) is 7.64. The minimum absolute atomic E-state index is 0.0302. The monoisotopic (exact) mass is 325 g/mol. The van der Waals surface area contributed by atoms with Gasteiger partial charge in [0.25, 0.3) is 5.91 Å². The minimum atomic E-state index is 0.0302. The highest BCUT2D eigenvalue weighted by Gasteiger charge is 2.27. The first-order valence-electron chi connectivity index (χ1n) is 9.13. The third kappa shape index (κ3) is 3.96. The van der Waals surface area contributed by atoms with E-state index in [1.807, 2.05) is 0 Å². The summed E-state index contributed by atoms with van der Waals surface area (Å²) in [6.07, 6.45) is 1.29. The number of fused-ring (bicyclic) bond motifs is 1. The average Bonchev–Trinajstić information content (AvgIpc) is 2.53. The zero-order chi connectivity index (χ0) is 17.1. The molecular formula is C21H29N2O+. The normalized spacial score (nSPS) is 25.4. The van der Waals surface area contributed by atoms with Gasteiger partial charge in [0.2, 0.25) is 0 Å². The lowest BCUT2D eigenvalue weighted by molar-refractivity contribution is -0.904. The van der Waals surface area contributed by atoms with Gasteiger partial charge in [-0.25, -0.2) is 0 Å². The molecule has 3 nitrogen and oxygen atoms in total. The van der Waals surface area contributed by atoms with E-state index in [9.17, 15) is 4.79 Å². The SMILES string of the molecule is C[C@H]1C[C@H](C)C[NH+](CC(=O)N[C@@H](C)c2cccc3ccccc23)C1. The van der Waals surface area contributed by atoms with E-state index in [-0.39, 0.29) is 11.9 Å². The van der Waals surface area contributed by atoms with Crippen molar-refractivity contribution in [1.82, 2.24) is 5.32 Å². The quantitative estimate of drug-likeness (QED) is 0.890. The fourth-order valence-corrected chi connectivity index (χ4v) is 4.29. The Balaban J connectivity index is 1.65. The van der Waals surface area contributed by atoms with Gasteiger partial charge in [-0.3, -0.25) is 4.79 Å². The second kappa shape index (κ2) is 7.35. The number of hydrogen-bond acceptors (Lipinski definition) is 1. The average molecular weight is 325 g/mol. The van der Waals surface area contributed by atoms with Crippen LogP contribution in [0.3, 0.4) is 0 Å². The van der Waals surface area contributed by atoms with Crippen molar-refractivity contribution >= 4 is 16.7 Å². The molecule has 0 aromatic heterocycles. The van der Waals surface area contributed by atoms with Crippen LogP contribution in [0, 0.1) is 11.8 Å². The summed E-state index contributed by atoms with van der Waals surface area (Å²) in [6, 6.07) is 14.7. The van der Waals surface area contributed by atoms with Crippen LogP contribution in [0.1, 0.15) is 38.8 Å². The molecule has 3 atom stereocenters. The molecule has 0 radical (unpaired) electrons. The molecule has 0 saturated carbocycles. The molecule has 1 saturated heterocycles. The fraction of sp³-hybridized carbons (Fsp3) is 0.476. The van der Waals surface area contributed by atoms with Crippen LogP contribution in [0.4, 0.5) is 0 Å². The zero-order valence-corrected chi connectivity index (χ0v) is 15.0. The Morgan fingerprint density at radius 3 is 2.54 bits per heavy atom. The van der Waals surface area contributed by atoms with E-state index < -0.39 is 0 Å². The predicted molar refractivity (Wildman–Crippen MR) is 99.0 cm³/mol. The summed E-state index contributed by atoms with van der Waals surface area (Å²) < 4.78 is 0. The highest BCUT2D eigenvalue weighted by Crippen LogP contribution is 2.23. The first-order chi connectivity index (χ1) is 11.5. The smallest absolute Gasteiger partial charge is 0.275 e. The number of carbonyl (C=O) groups excluding carboxylic acids is 1. The van der Waals surface area contributed by atoms with Crippen LogP contribution >= 0.6 is 0 Å². The minimum Gasteiger partial charge on any atom is -0.345 e.